The highest BCUT2D eigenvalue weighted by Crippen LogP contribution is 2.22. The van der Waals surface area contributed by atoms with E-state index in [2.05, 4.69) is 15.6 Å². The van der Waals surface area contributed by atoms with Gasteiger partial charge < -0.3 is 15.4 Å². The number of aromatic nitrogens is 1. The van der Waals surface area contributed by atoms with Crippen molar-refractivity contribution >= 4 is 11.6 Å². The van der Waals surface area contributed by atoms with Gasteiger partial charge in [0, 0.05) is 11.9 Å². The van der Waals surface area contributed by atoms with E-state index in [0.29, 0.717) is 11.5 Å². The van der Waals surface area contributed by atoms with Crippen LogP contribution in [0.4, 0.5) is 5.69 Å². The standard InChI is InChI=1S/C17H19N3O2/c21-17(16-5-1-2-11-19-16)20-13-6-8-14(9-7-13)22-15-4-3-10-18-12-15/h3-4,6-10,12,16,19H,1-2,5,11H2,(H,20,21)/t16-/m0/s1. The zero-order valence-corrected chi connectivity index (χ0v) is 12.3. The van der Waals surface area contributed by atoms with Crippen molar-refractivity contribution in [3.8, 4) is 11.5 Å². The van der Waals surface area contributed by atoms with Crippen LogP contribution < -0.4 is 15.4 Å². The number of ether oxygens (including phenoxy) is 1. The predicted octanol–water partition coefficient (Wildman–Crippen LogP) is 2.95. The lowest BCUT2D eigenvalue weighted by Crippen LogP contribution is -2.43. The number of nitrogens with one attached hydrogen (secondary N) is 2. The first-order valence-corrected chi connectivity index (χ1v) is 7.53. The van der Waals surface area contributed by atoms with Crippen LogP contribution in [0.2, 0.25) is 0 Å². The molecule has 0 unspecified atom stereocenters. The molecule has 2 N–H and O–H groups in total. The molecule has 0 spiro atoms. The fourth-order valence-corrected chi connectivity index (χ4v) is 2.45. The van der Waals surface area contributed by atoms with Crippen LogP contribution >= 0.6 is 0 Å². The fourth-order valence-electron chi connectivity index (χ4n) is 2.45. The van der Waals surface area contributed by atoms with E-state index in [4.69, 9.17) is 4.74 Å². The topological polar surface area (TPSA) is 63.2 Å². The number of carbonyl (C=O) groups excluding carboxylic acids is 1. The number of rotatable bonds is 4. The molecule has 22 heavy (non-hydrogen) atoms. The Morgan fingerprint density at radius 3 is 2.73 bits per heavy atom. The van der Waals surface area contributed by atoms with Crippen molar-refractivity contribution in [3.05, 3.63) is 48.8 Å². The minimum atomic E-state index is -0.0833. The summed E-state index contributed by atoms with van der Waals surface area (Å²) in [6, 6.07) is 10.9. The van der Waals surface area contributed by atoms with Crippen LogP contribution in [0.1, 0.15) is 19.3 Å². The molecule has 0 radical (unpaired) electrons. The third kappa shape index (κ3) is 3.83. The summed E-state index contributed by atoms with van der Waals surface area (Å²) in [6.45, 7) is 0.913. The molecular formula is C17H19N3O2. The first kappa shape index (κ1) is 14.5. The van der Waals surface area contributed by atoms with Gasteiger partial charge in [0.25, 0.3) is 0 Å². The molecule has 1 fully saturated rings. The number of amides is 1. The molecule has 2 aromatic rings. The second-order valence-corrected chi connectivity index (χ2v) is 5.31. The molecule has 114 valence electrons. The largest absolute Gasteiger partial charge is 0.456 e. The highest BCUT2D eigenvalue weighted by molar-refractivity contribution is 5.94. The average molecular weight is 297 g/mol. The number of carbonyl (C=O) groups is 1. The van der Waals surface area contributed by atoms with Crippen LogP contribution in [0.3, 0.4) is 0 Å². The Morgan fingerprint density at radius 1 is 1.18 bits per heavy atom. The van der Waals surface area contributed by atoms with E-state index >= 15 is 0 Å². The molecule has 1 aliphatic heterocycles. The van der Waals surface area contributed by atoms with Gasteiger partial charge in [-0.2, -0.15) is 0 Å². The summed E-state index contributed by atoms with van der Waals surface area (Å²) in [7, 11) is 0. The molecule has 1 saturated heterocycles. The minimum absolute atomic E-state index is 0.0284. The summed E-state index contributed by atoms with van der Waals surface area (Å²) in [5.74, 6) is 1.42. The van der Waals surface area contributed by atoms with Gasteiger partial charge in [-0.1, -0.05) is 6.42 Å². The van der Waals surface area contributed by atoms with Crippen LogP contribution in [0.5, 0.6) is 11.5 Å². The number of hydrogen-bond acceptors (Lipinski definition) is 4. The Kier molecular flexibility index (Phi) is 4.65. The van der Waals surface area contributed by atoms with E-state index in [1.165, 1.54) is 0 Å². The number of pyridine rings is 1. The van der Waals surface area contributed by atoms with Crippen molar-refractivity contribution in [3.63, 3.8) is 0 Å². The van der Waals surface area contributed by atoms with Crippen LogP contribution in [0, 0.1) is 0 Å². The van der Waals surface area contributed by atoms with Crippen LogP contribution in [0.25, 0.3) is 0 Å². The molecule has 1 atom stereocenters. The van der Waals surface area contributed by atoms with Gasteiger partial charge in [0.2, 0.25) is 5.91 Å². The maximum Gasteiger partial charge on any atom is 0.241 e. The number of anilines is 1. The zero-order valence-electron chi connectivity index (χ0n) is 12.3. The van der Waals surface area contributed by atoms with Gasteiger partial charge in [-0.15, -0.1) is 0 Å². The smallest absolute Gasteiger partial charge is 0.241 e. The van der Waals surface area contributed by atoms with Crippen LogP contribution in [0.15, 0.2) is 48.8 Å². The van der Waals surface area contributed by atoms with Crippen molar-refractivity contribution in [2.45, 2.75) is 25.3 Å². The van der Waals surface area contributed by atoms with Crippen molar-refractivity contribution in [1.29, 1.82) is 0 Å². The molecule has 0 bridgehead atoms. The lowest BCUT2D eigenvalue weighted by molar-refractivity contribution is -0.118. The summed E-state index contributed by atoms with van der Waals surface area (Å²) < 4.78 is 5.67. The van der Waals surface area contributed by atoms with Crippen molar-refractivity contribution in [2.24, 2.45) is 0 Å². The molecule has 5 nitrogen and oxygen atoms in total. The molecule has 2 heterocycles. The third-order valence-corrected chi connectivity index (χ3v) is 3.62. The molecule has 0 saturated carbocycles. The molecular weight excluding hydrogens is 278 g/mol. The van der Waals surface area contributed by atoms with Gasteiger partial charge in [-0.05, 0) is 55.8 Å². The normalized spacial score (nSPS) is 17.7. The fraction of sp³-hybridized carbons (Fsp3) is 0.294. The predicted molar refractivity (Wildman–Crippen MR) is 85.0 cm³/mol. The number of hydrogen-bond donors (Lipinski definition) is 2. The third-order valence-electron chi connectivity index (χ3n) is 3.62. The monoisotopic (exact) mass is 297 g/mol. The zero-order chi connectivity index (χ0) is 15.2. The molecule has 1 aromatic carbocycles. The van der Waals surface area contributed by atoms with Crippen LogP contribution in [-0.2, 0) is 4.79 Å². The average Bonchev–Trinajstić information content (AvgIpc) is 2.58. The van der Waals surface area contributed by atoms with Crippen LogP contribution in [-0.4, -0.2) is 23.5 Å². The van der Waals surface area contributed by atoms with Crippen molar-refractivity contribution < 1.29 is 9.53 Å². The first-order valence-electron chi connectivity index (χ1n) is 7.53. The van der Waals surface area contributed by atoms with Gasteiger partial charge in [0.15, 0.2) is 0 Å². The van der Waals surface area contributed by atoms with E-state index in [1.807, 2.05) is 36.4 Å². The van der Waals surface area contributed by atoms with Crippen molar-refractivity contribution in [2.75, 3.05) is 11.9 Å². The Balaban J connectivity index is 1.58. The Hall–Kier alpha value is -2.40. The molecule has 1 aromatic heterocycles. The molecule has 3 rings (SSSR count). The first-order chi connectivity index (χ1) is 10.8. The maximum absolute atomic E-state index is 12.1. The Labute approximate surface area is 129 Å². The molecule has 5 heteroatoms. The molecule has 1 amide bonds. The highest BCUT2D eigenvalue weighted by Gasteiger charge is 2.20. The van der Waals surface area contributed by atoms with Gasteiger partial charge in [-0.25, -0.2) is 0 Å². The summed E-state index contributed by atoms with van der Waals surface area (Å²) in [5, 5.41) is 6.17. The lowest BCUT2D eigenvalue weighted by atomic mass is 10.0. The second kappa shape index (κ2) is 7.04. The quantitative estimate of drug-likeness (QED) is 0.910. The van der Waals surface area contributed by atoms with E-state index < -0.39 is 0 Å². The summed E-state index contributed by atoms with van der Waals surface area (Å²) >= 11 is 0. The summed E-state index contributed by atoms with van der Waals surface area (Å²) in [6.07, 6.45) is 6.50. The molecule has 1 aliphatic rings. The Morgan fingerprint density at radius 2 is 2.05 bits per heavy atom. The minimum Gasteiger partial charge on any atom is -0.456 e. The Bertz CT molecular complexity index is 608. The summed E-state index contributed by atoms with van der Waals surface area (Å²) in [4.78, 5) is 16.1. The van der Waals surface area contributed by atoms with Gasteiger partial charge in [0.05, 0.1) is 12.2 Å². The van der Waals surface area contributed by atoms with E-state index in [0.717, 1.165) is 31.5 Å². The SMILES string of the molecule is O=C(Nc1ccc(Oc2cccnc2)cc1)[C@@H]1CCCCN1. The van der Waals surface area contributed by atoms with Gasteiger partial charge in [0.1, 0.15) is 11.5 Å². The van der Waals surface area contributed by atoms with Gasteiger partial charge >= 0.3 is 0 Å². The van der Waals surface area contributed by atoms with E-state index in [1.54, 1.807) is 12.4 Å². The molecule has 0 aliphatic carbocycles. The van der Waals surface area contributed by atoms with E-state index in [-0.39, 0.29) is 11.9 Å². The highest BCUT2D eigenvalue weighted by atomic mass is 16.5. The summed E-state index contributed by atoms with van der Waals surface area (Å²) in [5.41, 5.74) is 0.774. The lowest BCUT2D eigenvalue weighted by Gasteiger charge is -2.22. The van der Waals surface area contributed by atoms with Gasteiger partial charge in [-0.3, -0.25) is 9.78 Å². The maximum atomic E-state index is 12.1. The second-order valence-electron chi connectivity index (χ2n) is 5.31. The number of benzene rings is 1. The number of nitrogens with zero attached hydrogens (tertiary/aromatic N) is 1. The van der Waals surface area contributed by atoms with Crippen molar-refractivity contribution in [1.82, 2.24) is 10.3 Å². The van der Waals surface area contributed by atoms with E-state index in [9.17, 15) is 4.79 Å². The number of piperidine rings is 1.